The molecule has 19 heavy (non-hydrogen) atoms. The summed E-state index contributed by atoms with van der Waals surface area (Å²) in [6.07, 6.45) is -0.789. The molecule has 0 aromatic heterocycles. The highest BCUT2D eigenvalue weighted by Gasteiger charge is 2.20. The standard InChI is InChI=1S/C11H16N2O5S/c1-18-11(15)13-19(16,17)12-10(8-14)7-9-5-3-2-4-6-9/h2-6,10,12,14H,7-8H2,1H3,(H,13,15). The first kappa shape index (κ1) is 15.4. The summed E-state index contributed by atoms with van der Waals surface area (Å²) in [5, 5.41) is 9.17. The second-order valence-corrected chi connectivity index (χ2v) is 5.23. The molecule has 0 heterocycles. The van der Waals surface area contributed by atoms with Crippen molar-refractivity contribution in [3.63, 3.8) is 0 Å². The second kappa shape index (κ2) is 7.07. The van der Waals surface area contributed by atoms with Crippen molar-refractivity contribution < 1.29 is 23.1 Å². The molecule has 3 N–H and O–H groups in total. The molecule has 1 amide bonds. The number of hydrogen-bond acceptors (Lipinski definition) is 5. The molecule has 0 bridgehead atoms. The average molecular weight is 288 g/mol. The summed E-state index contributed by atoms with van der Waals surface area (Å²) in [6, 6.07) is 8.34. The number of carbonyl (C=O) groups excluding carboxylic acids is 1. The maximum atomic E-state index is 11.5. The summed E-state index contributed by atoms with van der Waals surface area (Å²) in [5.41, 5.74) is 0.863. The van der Waals surface area contributed by atoms with E-state index in [1.54, 1.807) is 4.72 Å². The van der Waals surface area contributed by atoms with Crippen molar-refractivity contribution in [2.24, 2.45) is 0 Å². The first-order valence-electron chi connectivity index (χ1n) is 5.49. The lowest BCUT2D eigenvalue weighted by atomic mass is 10.1. The molecule has 1 atom stereocenters. The Hall–Kier alpha value is -1.64. The number of nitrogens with one attached hydrogen (secondary N) is 2. The molecule has 0 radical (unpaired) electrons. The summed E-state index contributed by atoms with van der Waals surface area (Å²) >= 11 is 0. The highest BCUT2D eigenvalue weighted by Crippen LogP contribution is 2.03. The zero-order chi connectivity index (χ0) is 14.3. The van der Waals surface area contributed by atoms with Gasteiger partial charge in [0.25, 0.3) is 0 Å². The molecule has 0 fully saturated rings. The van der Waals surface area contributed by atoms with Crippen LogP contribution in [0, 0.1) is 0 Å². The van der Waals surface area contributed by atoms with E-state index >= 15 is 0 Å². The van der Waals surface area contributed by atoms with Crippen molar-refractivity contribution >= 4 is 16.3 Å². The molecule has 1 unspecified atom stereocenters. The van der Waals surface area contributed by atoms with E-state index in [9.17, 15) is 18.3 Å². The molecule has 0 aliphatic rings. The van der Waals surface area contributed by atoms with Crippen LogP contribution in [0.4, 0.5) is 4.79 Å². The number of aliphatic hydroxyl groups excluding tert-OH is 1. The van der Waals surface area contributed by atoms with Crippen LogP contribution in [0.2, 0.25) is 0 Å². The molecule has 0 aliphatic carbocycles. The lowest BCUT2D eigenvalue weighted by molar-refractivity contribution is 0.177. The Balaban J connectivity index is 2.64. The summed E-state index contributed by atoms with van der Waals surface area (Å²) < 4.78 is 31.1. The third-order valence-corrected chi connectivity index (χ3v) is 3.35. The lowest BCUT2D eigenvalue weighted by Gasteiger charge is -2.16. The van der Waals surface area contributed by atoms with Crippen LogP contribution in [-0.2, 0) is 21.4 Å². The van der Waals surface area contributed by atoms with Crippen LogP contribution in [0.5, 0.6) is 0 Å². The smallest absolute Gasteiger partial charge is 0.421 e. The molecule has 106 valence electrons. The van der Waals surface area contributed by atoms with Crippen molar-refractivity contribution in [3.8, 4) is 0 Å². The number of amides is 1. The second-order valence-electron chi connectivity index (χ2n) is 3.78. The van der Waals surface area contributed by atoms with Gasteiger partial charge in [-0.05, 0) is 12.0 Å². The summed E-state index contributed by atoms with van der Waals surface area (Å²) in [4.78, 5) is 10.8. The zero-order valence-corrected chi connectivity index (χ0v) is 11.2. The maximum absolute atomic E-state index is 11.5. The van der Waals surface area contributed by atoms with Gasteiger partial charge in [-0.1, -0.05) is 30.3 Å². The molecular formula is C11H16N2O5S. The molecule has 1 rings (SSSR count). The van der Waals surface area contributed by atoms with E-state index in [0.717, 1.165) is 12.7 Å². The van der Waals surface area contributed by atoms with Gasteiger partial charge in [0.15, 0.2) is 0 Å². The van der Waals surface area contributed by atoms with E-state index in [4.69, 9.17) is 0 Å². The maximum Gasteiger partial charge on any atom is 0.421 e. The molecule has 0 saturated heterocycles. The van der Waals surface area contributed by atoms with Crippen LogP contribution in [0.15, 0.2) is 30.3 Å². The molecule has 1 aromatic rings. The summed E-state index contributed by atoms with van der Waals surface area (Å²) in [6.45, 7) is -0.392. The normalized spacial score (nSPS) is 12.7. The van der Waals surface area contributed by atoms with E-state index in [2.05, 4.69) is 9.46 Å². The Bertz CT molecular complexity index is 503. The predicted octanol–water partition coefficient (Wildman–Crippen LogP) is -0.220. The van der Waals surface area contributed by atoms with E-state index in [1.807, 2.05) is 30.3 Å². The van der Waals surface area contributed by atoms with Gasteiger partial charge in [-0.3, -0.25) is 0 Å². The van der Waals surface area contributed by atoms with Crippen LogP contribution < -0.4 is 9.44 Å². The number of aliphatic hydroxyl groups is 1. The van der Waals surface area contributed by atoms with Crippen LogP contribution in [0.1, 0.15) is 5.56 Å². The van der Waals surface area contributed by atoms with E-state index in [-0.39, 0.29) is 0 Å². The highest BCUT2D eigenvalue weighted by molar-refractivity contribution is 7.88. The van der Waals surface area contributed by atoms with Crippen molar-refractivity contribution in [2.45, 2.75) is 12.5 Å². The van der Waals surface area contributed by atoms with Gasteiger partial charge in [0.1, 0.15) is 0 Å². The first-order valence-corrected chi connectivity index (χ1v) is 6.98. The quantitative estimate of drug-likeness (QED) is 0.671. The van der Waals surface area contributed by atoms with Crippen LogP contribution in [0.25, 0.3) is 0 Å². The van der Waals surface area contributed by atoms with E-state index in [0.29, 0.717) is 6.42 Å². The monoisotopic (exact) mass is 288 g/mol. The number of ether oxygens (including phenoxy) is 1. The molecule has 1 aromatic carbocycles. The number of carbonyl (C=O) groups is 1. The van der Waals surface area contributed by atoms with Crippen LogP contribution in [-0.4, -0.2) is 39.4 Å². The minimum Gasteiger partial charge on any atom is -0.452 e. The topological polar surface area (TPSA) is 105 Å². The first-order chi connectivity index (χ1) is 8.96. The van der Waals surface area contributed by atoms with Gasteiger partial charge in [0.05, 0.1) is 19.8 Å². The largest absolute Gasteiger partial charge is 0.452 e. The number of hydrogen-bond donors (Lipinski definition) is 3. The predicted molar refractivity (Wildman–Crippen MR) is 68.6 cm³/mol. The number of methoxy groups -OCH3 is 1. The van der Waals surface area contributed by atoms with Gasteiger partial charge in [-0.25, -0.2) is 9.52 Å². The third kappa shape index (κ3) is 5.69. The van der Waals surface area contributed by atoms with E-state index < -0.39 is 29.0 Å². The Kier molecular flexibility index (Phi) is 5.74. The van der Waals surface area contributed by atoms with Gasteiger partial charge in [-0.2, -0.15) is 13.1 Å². The zero-order valence-electron chi connectivity index (χ0n) is 10.4. The third-order valence-electron chi connectivity index (χ3n) is 2.27. The Labute approximate surface area is 111 Å². The fraction of sp³-hybridized carbons (Fsp3) is 0.364. The Morgan fingerprint density at radius 3 is 2.53 bits per heavy atom. The van der Waals surface area contributed by atoms with Gasteiger partial charge >= 0.3 is 16.3 Å². The minimum absolute atomic E-state index is 0.305. The molecule has 8 heteroatoms. The lowest BCUT2D eigenvalue weighted by Crippen LogP contribution is -2.47. The van der Waals surface area contributed by atoms with Crippen LogP contribution >= 0.6 is 0 Å². The van der Waals surface area contributed by atoms with Crippen molar-refractivity contribution in [1.29, 1.82) is 0 Å². The van der Waals surface area contributed by atoms with Crippen molar-refractivity contribution in [3.05, 3.63) is 35.9 Å². The molecular weight excluding hydrogens is 272 g/mol. The molecule has 0 saturated carbocycles. The van der Waals surface area contributed by atoms with Gasteiger partial charge in [0.2, 0.25) is 0 Å². The average Bonchev–Trinajstić information content (AvgIpc) is 2.38. The molecule has 7 nitrogen and oxygen atoms in total. The van der Waals surface area contributed by atoms with Crippen molar-refractivity contribution in [2.75, 3.05) is 13.7 Å². The number of benzene rings is 1. The SMILES string of the molecule is COC(=O)NS(=O)(=O)NC(CO)Cc1ccccc1. The fourth-order valence-electron chi connectivity index (χ4n) is 1.44. The summed E-state index contributed by atoms with van der Waals surface area (Å²) in [5.74, 6) is 0. The fourth-order valence-corrected chi connectivity index (χ4v) is 2.40. The Morgan fingerprint density at radius 1 is 1.37 bits per heavy atom. The van der Waals surface area contributed by atoms with Gasteiger partial charge < -0.3 is 9.84 Å². The molecule has 0 spiro atoms. The minimum atomic E-state index is -4.06. The van der Waals surface area contributed by atoms with E-state index in [1.165, 1.54) is 0 Å². The number of rotatable bonds is 6. The summed E-state index contributed by atoms with van der Waals surface area (Å²) in [7, 11) is -3.00. The van der Waals surface area contributed by atoms with Crippen LogP contribution in [0.3, 0.4) is 0 Å². The van der Waals surface area contributed by atoms with Crippen molar-refractivity contribution in [1.82, 2.24) is 9.44 Å². The molecule has 0 aliphatic heterocycles. The highest BCUT2D eigenvalue weighted by atomic mass is 32.2. The van der Waals surface area contributed by atoms with Gasteiger partial charge in [0, 0.05) is 0 Å². The Morgan fingerprint density at radius 2 is 2.00 bits per heavy atom. The van der Waals surface area contributed by atoms with Gasteiger partial charge in [-0.15, -0.1) is 0 Å².